The molecule has 1 atom stereocenters. The summed E-state index contributed by atoms with van der Waals surface area (Å²) >= 11 is 11.7. The minimum absolute atomic E-state index is 0.0482. The smallest absolute Gasteiger partial charge is 0.0628 e. The number of benzene rings is 1. The number of hydrogen-bond acceptors (Lipinski definition) is 1. The van der Waals surface area contributed by atoms with Gasteiger partial charge in [0.15, 0.2) is 0 Å². The molecule has 84 valence electrons. The molecule has 1 aromatic heterocycles. The molecule has 1 aromatic carbocycles. The topological polar surface area (TPSA) is 0 Å². The first-order valence-corrected chi connectivity index (χ1v) is 7.26. The third-order valence-electron chi connectivity index (χ3n) is 2.64. The van der Waals surface area contributed by atoms with E-state index in [0.717, 1.165) is 10.9 Å². The van der Waals surface area contributed by atoms with Crippen LogP contribution in [0.2, 0.25) is 0 Å². The predicted octanol–water partition coefficient (Wildman–Crippen LogP) is 5.34. The molecule has 16 heavy (non-hydrogen) atoms. The van der Waals surface area contributed by atoms with Crippen molar-refractivity contribution in [2.45, 2.75) is 18.7 Å². The van der Waals surface area contributed by atoms with Gasteiger partial charge in [-0.05, 0) is 52.9 Å². The van der Waals surface area contributed by atoms with Crippen LogP contribution in [0.25, 0.3) is 0 Å². The van der Waals surface area contributed by atoms with Crippen LogP contribution < -0.4 is 0 Å². The molecule has 0 aliphatic rings. The van der Waals surface area contributed by atoms with Crippen molar-refractivity contribution in [2.24, 2.45) is 0 Å². The van der Waals surface area contributed by atoms with Gasteiger partial charge in [-0.25, -0.2) is 0 Å². The SMILES string of the molecule is Cc1c(Br)cccc1C(Cl)Cc1ccsc1. The molecule has 2 rings (SSSR count). The van der Waals surface area contributed by atoms with Crippen molar-refractivity contribution < 1.29 is 0 Å². The highest BCUT2D eigenvalue weighted by Gasteiger charge is 2.12. The lowest BCUT2D eigenvalue weighted by atomic mass is 10.0. The maximum absolute atomic E-state index is 6.46. The Morgan fingerprint density at radius 2 is 2.19 bits per heavy atom. The van der Waals surface area contributed by atoms with Crippen LogP contribution in [0.5, 0.6) is 0 Å². The lowest BCUT2D eigenvalue weighted by molar-refractivity contribution is 0.912. The van der Waals surface area contributed by atoms with Gasteiger partial charge in [-0.2, -0.15) is 11.3 Å². The Bertz CT molecular complexity index is 465. The average Bonchev–Trinajstić information content (AvgIpc) is 2.74. The molecule has 0 N–H and O–H groups in total. The molecule has 0 saturated carbocycles. The molecule has 2 aromatic rings. The second kappa shape index (κ2) is 5.35. The van der Waals surface area contributed by atoms with Crippen LogP contribution in [0.1, 0.15) is 22.1 Å². The van der Waals surface area contributed by atoms with E-state index in [0.29, 0.717) is 0 Å². The molecule has 0 radical (unpaired) electrons. The first kappa shape index (κ1) is 12.2. The van der Waals surface area contributed by atoms with Gasteiger partial charge in [-0.1, -0.05) is 28.1 Å². The first-order chi connectivity index (χ1) is 7.68. The van der Waals surface area contributed by atoms with Crippen LogP contribution in [0.3, 0.4) is 0 Å². The van der Waals surface area contributed by atoms with Gasteiger partial charge in [-0.3, -0.25) is 0 Å². The van der Waals surface area contributed by atoms with E-state index in [2.05, 4.69) is 45.7 Å². The van der Waals surface area contributed by atoms with Crippen molar-refractivity contribution >= 4 is 38.9 Å². The van der Waals surface area contributed by atoms with E-state index < -0.39 is 0 Å². The highest BCUT2D eigenvalue weighted by Crippen LogP contribution is 2.31. The molecule has 1 unspecified atom stereocenters. The molecule has 1 heterocycles. The van der Waals surface area contributed by atoms with Crippen LogP contribution in [-0.2, 0) is 6.42 Å². The second-order valence-electron chi connectivity index (χ2n) is 3.76. The Morgan fingerprint density at radius 3 is 2.88 bits per heavy atom. The second-order valence-corrected chi connectivity index (χ2v) is 5.92. The van der Waals surface area contributed by atoms with Crippen LogP contribution >= 0.6 is 38.9 Å². The van der Waals surface area contributed by atoms with E-state index in [4.69, 9.17) is 11.6 Å². The van der Waals surface area contributed by atoms with Gasteiger partial charge >= 0.3 is 0 Å². The molecule has 0 spiro atoms. The van der Waals surface area contributed by atoms with Crippen LogP contribution in [0.4, 0.5) is 0 Å². The van der Waals surface area contributed by atoms with Crippen molar-refractivity contribution in [1.29, 1.82) is 0 Å². The fraction of sp³-hybridized carbons (Fsp3) is 0.231. The maximum atomic E-state index is 6.46. The molecule has 0 saturated heterocycles. The van der Waals surface area contributed by atoms with Gasteiger partial charge in [0.25, 0.3) is 0 Å². The normalized spacial score (nSPS) is 12.7. The summed E-state index contributed by atoms with van der Waals surface area (Å²) in [6.07, 6.45) is 0.891. The molecule has 0 bridgehead atoms. The molecular formula is C13H12BrClS. The van der Waals surface area contributed by atoms with E-state index in [9.17, 15) is 0 Å². The zero-order valence-electron chi connectivity index (χ0n) is 8.91. The number of alkyl halides is 1. The van der Waals surface area contributed by atoms with Gasteiger partial charge in [0.2, 0.25) is 0 Å². The third-order valence-corrected chi connectivity index (χ3v) is 4.62. The monoisotopic (exact) mass is 314 g/mol. The van der Waals surface area contributed by atoms with Gasteiger partial charge < -0.3 is 0 Å². The Labute approximate surface area is 113 Å². The summed E-state index contributed by atoms with van der Waals surface area (Å²) in [6, 6.07) is 8.32. The summed E-state index contributed by atoms with van der Waals surface area (Å²) in [6.45, 7) is 2.10. The van der Waals surface area contributed by atoms with Crippen LogP contribution in [-0.4, -0.2) is 0 Å². The number of rotatable bonds is 3. The lowest BCUT2D eigenvalue weighted by Gasteiger charge is -2.13. The molecule has 0 aliphatic carbocycles. The highest BCUT2D eigenvalue weighted by atomic mass is 79.9. The van der Waals surface area contributed by atoms with E-state index in [1.165, 1.54) is 16.7 Å². The summed E-state index contributed by atoms with van der Waals surface area (Å²) in [5.74, 6) is 0. The van der Waals surface area contributed by atoms with Crippen molar-refractivity contribution in [3.8, 4) is 0 Å². The summed E-state index contributed by atoms with van der Waals surface area (Å²) in [7, 11) is 0. The first-order valence-electron chi connectivity index (χ1n) is 5.08. The molecule has 0 nitrogen and oxygen atoms in total. The maximum Gasteiger partial charge on any atom is 0.0628 e. The minimum Gasteiger partial charge on any atom is -0.152 e. The van der Waals surface area contributed by atoms with E-state index >= 15 is 0 Å². The van der Waals surface area contributed by atoms with Gasteiger partial charge in [0.05, 0.1) is 5.38 Å². The van der Waals surface area contributed by atoms with E-state index in [-0.39, 0.29) is 5.38 Å². The Hall–Kier alpha value is -0.310. The average molecular weight is 316 g/mol. The van der Waals surface area contributed by atoms with Gasteiger partial charge in [0, 0.05) is 4.47 Å². The Morgan fingerprint density at radius 1 is 1.38 bits per heavy atom. The number of hydrogen-bond donors (Lipinski definition) is 0. The van der Waals surface area contributed by atoms with E-state index in [1.54, 1.807) is 11.3 Å². The standard InChI is InChI=1S/C13H12BrClS/c1-9-11(3-2-4-12(9)14)13(15)7-10-5-6-16-8-10/h2-6,8,13H,7H2,1H3. The molecule has 0 amide bonds. The Balaban J connectivity index is 2.21. The molecule has 0 fully saturated rings. The summed E-state index contributed by atoms with van der Waals surface area (Å²) < 4.78 is 1.13. The van der Waals surface area contributed by atoms with E-state index in [1.807, 2.05) is 12.1 Å². The highest BCUT2D eigenvalue weighted by molar-refractivity contribution is 9.10. The van der Waals surface area contributed by atoms with Crippen molar-refractivity contribution in [3.63, 3.8) is 0 Å². The fourth-order valence-electron chi connectivity index (χ4n) is 1.69. The zero-order valence-corrected chi connectivity index (χ0v) is 12.1. The quantitative estimate of drug-likeness (QED) is 0.670. The summed E-state index contributed by atoms with van der Waals surface area (Å²) in [5, 5.41) is 4.29. The number of halogens is 2. The van der Waals surface area contributed by atoms with Gasteiger partial charge in [0.1, 0.15) is 0 Å². The lowest BCUT2D eigenvalue weighted by Crippen LogP contribution is -1.98. The van der Waals surface area contributed by atoms with Crippen molar-refractivity contribution in [2.75, 3.05) is 0 Å². The number of thiophene rings is 1. The Kier molecular flexibility index (Phi) is 4.06. The zero-order chi connectivity index (χ0) is 11.5. The van der Waals surface area contributed by atoms with Crippen molar-refractivity contribution in [1.82, 2.24) is 0 Å². The van der Waals surface area contributed by atoms with Crippen molar-refractivity contribution in [3.05, 3.63) is 56.2 Å². The predicted molar refractivity (Wildman–Crippen MR) is 75.5 cm³/mol. The molecular weight excluding hydrogens is 304 g/mol. The largest absolute Gasteiger partial charge is 0.152 e. The fourth-order valence-corrected chi connectivity index (χ4v) is 3.17. The minimum atomic E-state index is 0.0482. The third kappa shape index (κ3) is 2.68. The molecule has 3 heteroatoms. The van der Waals surface area contributed by atoms with Gasteiger partial charge in [-0.15, -0.1) is 11.6 Å². The molecule has 0 aliphatic heterocycles. The van der Waals surface area contributed by atoms with Crippen LogP contribution in [0.15, 0.2) is 39.5 Å². The summed E-state index contributed by atoms with van der Waals surface area (Å²) in [5.41, 5.74) is 3.75. The summed E-state index contributed by atoms with van der Waals surface area (Å²) in [4.78, 5) is 0. The van der Waals surface area contributed by atoms with Crippen LogP contribution in [0, 0.1) is 6.92 Å².